The van der Waals surface area contributed by atoms with Crippen LogP contribution in [-0.2, 0) is 19.1 Å². The van der Waals surface area contributed by atoms with Crippen LogP contribution >= 0.6 is 0 Å². The second-order valence-electron chi connectivity index (χ2n) is 17.0. The lowest BCUT2D eigenvalue weighted by Gasteiger charge is -2.38. The molecule has 4 N–H and O–H groups in total. The first-order chi connectivity index (χ1) is 31.2. The van der Waals surface area contributed by atoms with Gasteiger partial charge in [-0.05, 0) is 99.3 Å². The maximum atomic E-state index is 13.3. The molecule has 1 aromatic heterocycles. The van der Waals surface area contributed by atoms with Crippen molar-refractivity contribution in [3.05, 3.63) is 89.5 Å². The number of piperazine rings is 1. The van der Waals surface area contributed by atoms with Gasteiger partial charge in [0.2, 0.25) is 11.8 Å². The number of likely N-dealkylation sites (tertiary alicyclic amines) is 1. The first kappa shape index (κ1) is 43.1. The van der Waals surface area contributed by atoms with Crippen LogP contribution in [0.5, 0.6) is 11.5 Å². The molecule has 4 aromatic rings. The number of benzene rings is 3. The maximum Gasteiger partial charge on any atom is 0.262 e. The van der Waals surface area contributed by atoms with E-state index in [1.54, 1.807) is 12.1 Å². The molecule has 17 heteroatoms. The standard InChI is InChI=1S/C47H55N9O8/c48-43(58)41-42(32-6-9-35(10-7-32)64-34-4-2-1-3-5-34)51-56-38(14-17-49-44(41)56)31-15-18-52(19-16-31)24-26-62-28-29-63-27-25-53-20-22-54(23-21-53)33-8-11-36-37(30-33)47(61)55(46(36)60)39-12-13-40(57)50-45(39)59/h1-11,30-31,38-39,49H,12-29H2,(H2,48,58)(H,50,57,59)/t38-,39?/m0/s1. The van der Waals surface area contributed by atoms with Gasteiger partial charge in [-0.15, -0.1) is 0 Å². The zero-order chi connectivity index (χ0) is 44.2. The number of fused-ring (bicyclic) bond motifs is 2. The molecule has 9 rings (SSSR count). The Morgan fingerprint density at radius 1 is 0.734 bits per heavy atom. The monoisotopic (exact) mass is 873 g/mol. The summed E-state index contributed by atoms with van der Waals surface area (Å²) in [6.45, 7) is 9.89. The predicted octanol–water partition coefficient (Wildman–Crippen LogP) is 3.77. The number of amides is 5. The van der Waals surface area contributed by atoms with Gasteiger partial charge in [-0.1, -0.05) is 18.2 Å². The van der Waals surface area contributed by atoms with E-state index in [0.29, 0.717) is 60.7 Å². The second-order valence-corrected chi connectivity index (χ2v) is 17.0. The number of nitrogens with two attached hydrogens (primary N) is 1. The van der Waals surface area contributed by atoms with Crippen molar-refractivity contribution >= 4 is 41.0 Å². The Labute approximate surface area is 371 Å². The molecule has 5 aliphatic rings. The van der Waals surface area contributed by atoms with Crippen molar-refractivity contribution < 1.29 is 38.2 Å². The number of piperidine rings is 2. The first-order valence-corrected chi connectivity index (χ1v) is 22.4. The smallest absolute Gasteiger partial charge is 0.262 e. The molecule has 64 heavy (non-hydrogen) atoms. The number of hydrogen-bond acceptors (Lipinski definition) is 13. The number of carbonyl (C=O) groups excluding carboxylic acids is 5. The Morgan fingerprint density at radius 3 is 2.09 bits per heavy atom. The molecule has 5 amide bonds. The van der Waals surface area contributed by atoms with E-state index < -0.39 is 35.6 Å². The molecule has 3 saturated heterocycles. The van der Waals surface area contributed by atoms with Gasteiger partial charge in [-0.2, -0.15) is 5.10 Å². The SMILES string of the molecule is NC(=O)c1c(-c2ccc(Oc3ccccc3)cc2)nn2c1NCC[C@H]2C1CCN(CCOCCOCCN2CCN(c3ccc4c(c3)C(=O)N(C3CCC(=O)NC3=O)C4=O)CC2)CC1. The van der Waals surface area contributed by atoms with Crippen LogP contribution in [0, 0.1) is 5.92 Å². The van der Waals surface area contributed by atoms with Crippen molar-refractivity contribution in [1.82, 2.24) is 29.8 Å². The predicted molar refractivity (Wildman–Crippen MR) is 237 cm³/mol. The van der Waals surface area contributed by atoms with Crippen LogP contribution in [-0.4, -0.2) is 145 Å². The molecular formula is C47H55N9O8. The summed E-state index contributed by atoms with van der Waals surface area (Å²) in [5.41, 5.74) is 9.23. The third kappa shape index (κ3) is 9.24. The third-order valence-corrected chi connectivity index (χ3v) is 13.1. The zero-order valence-electron chi connectivity index (χ0n) is 35.9. The Bertz CT molecular complexity index is 2360. The maximum absolute atomic E-state index is 13.3. The lowest BCUT2D eigenvalue weighted by atomic mass is 9.87. The van der Waals surface area contributed by atoms with Gasteiger partial charge in [-0.25, -0.2) is 4.68 Å². The number of ether oxygens (including phenoxy) is 3. The Morgan fingerprint density at radius 2 is 1.41 bits per heavy atom. The van der Waals surface area contributed by atoms with Gasteiger partial charge < -0.3 is 35.1 Å². The highest BCUT2D eigenvalue weighted by Gasteiger charge is 2.45. The Kier molecular flexibility index (Phi) is 13.0. The minimum absolute atomic E-state index is 0.0884. The highest BCUT2D eigenvalue weighted by atomic mass is 16.5. The summed E-state index contributed by atoms with van der Waals surface area (Å²) >= 11 is 0. The summed E-state index contributed by atoms with van der Waals surface area (Å²) in [4.78, 5) is 71.2. The van der Waals surface area contributed by atoms with E-state index in [0.717, 1.165) is 100 Å². The summed E-state index contributed by atoms with van der Waals surface area (Å²) < 4.78 is 19.9. The molecule has 3 fully saturated rings. The molecule has 5 aliphatic heterocycles. The van der Waals surface area contributed by atoms with Crippen LogP contribution in [0.1, 0.15) is 69.2 Å². The van der Waals surface area contributed by atoms with Gasteiger partial charge in [0.05, 0.1) is 43.6 Å². The molecule has 3 aromatic carbocycles. The van der Waals surface area contributed by atoms with Gasteiger partial charge in [0.15, 0.2) is 0 Å². The average Bonchev–Trinajstić information content (AvgIpc) is 3.83. The summed E-state index contributed by atoms with van der Waals surface area (Å²) in [6.07, 6.45) is 3.22. The van der Waals surface area contributed by atoms with Crippen LogP contribution < -0.4 is 26.0 Å². The van der Waals surface area contributed by atoms with Gasteiger partial charge in [0.25, 0.3) is 17.7 Å². The lowest BCUT2D eigenvalue weighted by molar-refractivity contribution is -0.136. The fourth-order valence-corrected chi connectivity index (χ4v) is 9.64. The molecule has 0 radical (unpaired) electrons. The molecule has 0 bridgehead atoms. The van der Waals surface area contributed by atoms with Gasteiger partial charge in [0.1, 0.15) is 34.6 Å². The van der Waals surface area contributed by atoms with E-state index in [2.05, 4.69) is 25.3 Å². The van der Waals surface area contributed by atoms with Gasteiger partial charge >= 0.3 is 0 Å². The summed E-state index contributed by atoms with van der Waals surface area (Å²) in [5, 5.41) is 10.7. The zero-order valence-corrected chi connectivity index (χ0v) is 35.9. The van der Waals surface area contributed by atoms with Crippen molar-refractivity contribution in [2.45, 2.75) is 44.2 Å². The number of primary amides is 1. The summed E-state index contributed by atoms with van der Waals surface area (Å²) in [5.74, 6) is 0.0908. The van der Waals surface area contributed by atoms with Crippen molar-refractivity contribution in [1.29, 1.82) is 0 Å². The Balaban J connectivity index is 0.663. The lowest BCUT2D eigenvalue weighted by Crippen LogP contribution is -2.54. The van der Waals surface area contributed by atoms with E-state index in [4.69, 9.17) is 25.0 Å². The largest absolute Gasteiger partial charge is 0.457 e. The van der Waals surface area contributed by atoms with Crippen molar-refractivity contribution in [3.8, 4) is 22.8 Å². The highest BCUT2D eigenvalue weighted by Crippen LogP contribution is 2.40. The van der Waals surface area contributed by atoms with Gasteiger partial charge in [-0.3, -0.25) is 39.1 Å². The van der Waals surface area contributed by atoms with Crippen LogP contribution in [0.3, 0.4) is 0 Å². The van der Waals surface area contributed by atoms with Crippen LogP contribution in [0.25, 0.3) is 11.3 Å². The topological polar surface area (TPSA) is 194 Å². The number of imide groups is 2. The van der Waals surface area contributed by atoms with E-state index in [9.17, 15) is 24.0 Å². The molecule has 336 valence electrons. The summed E-state index contributed by atoms with van der Waals surface area (Å²) in [7, 11) is 0. The number of carbonyl (C=O) groups is 5. The Hall–Kier alpha value is -6.14. The van der Waals surface area contributed by atoms with E-state index in [1.165, 1.54) is 0 Å². The quantitative estimate of drug-likeness (QED) is 0.109. The van der Waals surface area contributed by atoms with Crippen molar-refractivity contribution in [3.63, 3.8) is 0 Å². The van der Waals surface area contributed by atoms with E-state index in [-0.39, 0.29) is 24.4 Å². The fourth-order valence-electron chi connectivity index (χ4n) is 9.64. The van der Waals surface area contributed by atoms with Gasteiger partial charge in [0, 0.05) is 63.5 Å². The van der Waals surface area contributed by atoms with E-state index in [1.807, 2.05) is 65.3 Å². The fraction of sp³-hybridized carbons (Fsp3) is 0.447. The minimum atomic E-state index is -0.977. The molecule has 1 unspecified atom stereocenters. The van der Waals surface area contributed by atoms with E-state index >= 15 is 0 Å². The first-order valence-electron chi connectivity index (χ1n) is 22.4. The molecule has 17 nitrogen and oxygen atoms in total. The number of para-hydroxylation sites is 1. The number of nitrogens with one attached hydrogen (secondary N) is 2. The number of anilines is 2. The van der Waals surface area contributed by atoms with Crippen LogP contribution in [0.4, 0.5) is 11.5 Å². The third-order valence-electron chi connectivity index (χ3n) is 13.1. The molecule has 0 spiro atoms. The molecule has 6 heterocycles. The normalized spacial score (nSPS) is 20.8. The highest BCUT2D eigenvalue weighted by molar-refractivity contribution is 6.23. The number of aromatic nitrogens is 2. The molecular weight excluding hydrogens is 819 g/mol. The molecule has 2 atom stereocenters. The number of hydrogen-bond donors (Lipinski definition) is 3. The second kappa shape index (κ2) is 19.3. The minimum Gasteiger partial charge on any atom is -0.457 e. The number of rotatable bonds is 16. The van der Waals surface area contributed by atoms with Crippen molar-refractivity contribution in [2.75, 3.05) is 95.5 Å². The van der Waals surface area contributed by atoms with Crippen molar-refractivity contribution in [2.24, 2.45) is 11.7 Å². The summed E-state index contributed by atoms with van der Waals surface area (Å²) in [6, 6.07) is 21.7. The van der Waals surface area contributed by atoms with Crippen LogP contribution in [0.2, 0.25) is 0 Å². The molecule has 0 saturated carbocycles. The number of nitrogens with zero attached hydrogens (tertiary/aromatic N) is 6. The average molecular weight is 874 g/mol. The van der Waals surface area contributed by atoms with Crippen LogP contribution in [0.15, 0.2) is 72.8 Å². The molecule has 0 aliphatic carbocycles.